The number of piperidine rings is 1. The van der Waals surface area contributed by atoms with E-state index in [1.54, 1.807) is 19.0 Å². The molecular weight excluding hydrogens is 378 g/mol. The Kier molecular flexibility index (Phi) is 6.37. The summed E-state index contributed by atoms with van der Waals surface area (Å²) in [5, 5.41) is 0. The maximum Gasteiger partial charge on any atom is 0.236 e. The molecule has 1 aliphatic carbocycles. The quantitative estimate of drug-likeness (QED) is 0.742. The number of aryl methyl sites for hydroxylation is 1. The molecule has 2 amide bonds. The summed E-state index contributed by atoms with van der Waals surface area (Å²) in [6.07, 6.45) is 9.84. The summed E-state index contributed by atoms with van der Waals surface area (Å²) < 4.78 is 0. The number of carbonyl (C=O) groups excluding carboxylic acids is 2. The second-order valence-corrected chi connectivity index (χ2v) is 9.42. The highest BCUT2D eigenvalue weighted by Gasteiger charge is 2.35. The Labute approximate surface area is 179 Å². The van der Waals surface area contributed by atoms with Gasteiger partial charge in [0, 0.05) is 31.9 Å². The van der Waals surface area contributed by atoms with Crippen LogP contribution >= 0.6 is 0 Å². The number of amides is 2. The molecule has 7 heteroatoms. The van der Waals surface area contributed by atoms with Gasteiger partial charge in [-0.3, -0.25) is 19.4 Å². The van der Waals surface area contributed by atoms with Crippen molar-refractivity contribution in [1.29, 1.82) is 0 Å². The fraction of sp³-hybridized carbons (Fsp3) is 0.739. The van der Waals surface area contributed by atoms with E-state index in [1.807, 2.05) is 11.8 Å². The van der Waals surface area contributed by atoms with E-state index in [1.165, 1.54) is 32.1 Å². The first-order valence-corrected chi connectivity index (χ1v) is 11.6. The third kappa shape index (κ3) is 4.36. The lowest BCUT2D eigenvalue weighted by molar-refractivity contribution is -0.131. The van der Waals surface area contributed by atoms with Crippen LogP contribution in [0.15, 0.2) is 0 Å². The number of rotatable bonds is 5. The smallest absolute Gasteiger partial charge is 0.236 e. The van der Waals surface area contributed by atoms with E-state index in [-0.39, 0.29) is 17.9 Å². The van der Waals surface area contributed by atoms with Gasteiger partial charge in [0.1, 0.15) is 11.6 Å². The van der Waals surface area contributed by atoms with Gasteiger partial charge in [-0.25, -0.2) is 9.97 Å². The number of likely N-dealkylation sites (tertiary alicyclic amines) is 1. The molecule has 1 aromatic heterocycles. The van der Waals surface area contributed by atoms with Crippen molar-refractivity contribution in [2.75, 3.05) is 38.6 Å². The van der Waals surface area contributed by atoms with Crippen LogP contribution in [-0.4, -0.2) is 65.3 Å². The number of carbonyl (C=O) groups is 2. The highest BCUT2D eigenvalue weighted by molar-refractivity contribution is 6.00. The first-order chi connectivity index (χ1) is 14.4. The molecule has 0 bridgehead atoms. The molecule has 30 heavy (non-hydrogen) atoms. The van der Waals surface area contributed by atoms with Crippen molar-refractivity contribution < 1.29 is 9.59 Å². The Bertz CT molecular complexity index is 803. The summed E-state index contributed by atoms with van der Waals surface area (Å²) in [6.45, 7) is 4.06. The molecule has 4 rings (SSSR count). The zero-order chi connectivity index (χ0) is 21.3. The Hall–Kier alpha value is -2.02. The first-order valence-electron chi connectivity index (χ1n) is 11.6. The molecule has 3 aliphatic rings. The predicted molar refractivity (Wildman–Crippen MR) is 116 cm³/mol. The van der Waals surface area contributed by atoms with Crippen LogP contribution in [0.4, 0.5) is 5.82 Å². The van der Waals surface area contributed by atoms with Crippen molar-refractivity contribution in [2.45, 2.75) is 70.8 Å². The Balaban J connectivity index is 1.59. The molecule has 7 nitrogen and oxygen atoms in total. The summed E-state index contributed by atoms with van der Waals surface area (Å²) in [4.78, 5) is 40.8. The van der Waals surface area contributed by atoms with Gasteiger partial charge in [-0.05, 0) is 45.1 Å². The van der Waals surface area contributed by atoms with Gasteiger partial charge in [-0.2, -0.15) is 0 Å². The van der Waals surface area contributed by atoms with Crippen LogP contribution in [0.3, 0.4) is 0 Å². The standard InChI is InChI=1S/C23H35N5O2/c1-16-18-13-20(29)28(14-17-9-5-4-6-10-17)23(18)25-22(24-16)19-11-7-8-12-27(19)15-21(30)26(2)3/h17,19H,4-15H2,1-3H3/t19-/m1/s1. The molecule has 1 saturated carbocycles. The maximum atomic E-state index is 12.8. The van der Waals surface area contributed by atoms with E-state index in [0.29, 0.717) is 18.9 Å². The van der Waals surface area contributed by atoms with Crippen LogP contribution in [0.25, 0.3) is 0 Å². The molecule has 0 aromatic carbocycles. The molecular formula is C23H35N5O2. The average molecular weight is 414 g/mol. The van der Waals surface area contributed by atoms with E-state index in [9.17, 15) is 9.59 Å². The third-order valence-corrected chi connectivity index (χ3v) is 7.01. The van der Waals surface area contributed by atoms with Crippen molar-refractivity contribution in [3.05, 3.63) is 17.1 Å². The normalized spacial score (nSPS) is 23.0. The second-order valence-electron chi connectivity index (χ2n) is 9.42. The molecule has 164 valence electrons. The van der Waals surface area contributed by atoms with Crippen LogP contribution in [0.1, 0.15) is 74.5 Å². The lowest BCUT2D eigenvalue weighted by atomic mass is 9.89. The summed E-state index contributed by atoms with van der Waals surface area (Å²) >= 11 is 0. The van der Waals surface area contributed by atoms with Crippen LogP contribution < -0.4 is 4.90 Å². The number of nitrogens with zero attached hydrogens (tertiary/aromatic N) is 5. The minimum atomic E-state index is 0.0406. The Morgan fingerprint density at radius 2 is 1.80 bits per heavy atom. The fourth-order valence-corrected chi connectivity index (χ4v) is 5.15. The molecule has 1 aromatic rings. The summed E-state index contributed by atoms with van der Waals surface area (Å²) in [7, 11) is 3.60. The number of aromatic nitrogens is 2. The van der Waals surface area contributed by atoms with Gasteiger partial charge in [0.05, 0.1) is 19.0 Å². The van der Waals surface area contributed by atoms with Crippen LogP contribution in [0, 0.1) is 12.8 Å². The van der Waals surface area contributed by atoms with E-state index in [4.69, 9.17) is 9.97 Å². The van der Waals surface area contributed by atoms with Crippen LogP contribution in [0.5, 0.6) is 0 Å². The highest BCUT2D eigenvalue weighted by Crippen LogP contribution is 2.36. The molecule has 0 spiro atoms. The topological polar surface area (TPSA) is 69.6 Å². The highest BCUT2D eigenvalue weighted by atomic mass is 16.2. The minimum Gasteiger partial charge on any atom is -0.348 e. The molecule has 1 saturated heterocycles. The van der Waals surface area contributed by atoms with E-state index in [2.05, 4.69) is 4.90 Å². The van der Waals surface area contributed by atoms with Gasteiger partial charge in [0.15, 0.2) is 0 Å². The lowest BCUT2D eigenvalue weighted by Gasteiger charge is -2.35. The minimum absolute atomic E-state index is 0.0406. The molecule has 0 radical (unpaired) electrons. The largest absolute Gasteiger partial charge is 0.348 e. The third-order valence-electron chi connectivity index (χ3n) is 7.01. The number of hydrogen-bond acceptors (Lipinski definition) is 5. The monoisotopic (exact) mass is 413 g/mol. The van der Waals surface area contributed by atoms with Crippen molar-refractivity contribution >= 4 is 17.6 Å². The van der Waals surface area contributed by atoms with Crippen molar-refractivity contribution in [3.63, 3.8) is 0 Å². The van der Waals surface area contributed by atoms with Crippen LogP contribution in [0.2, 0.25) is 0 Å². The zero-order valence-corrected chi connectivity index (χ0v) is 18.7. The predicted octanol–water partition coefficient (Wildman–Crippen LogP) is 2.87. The van der Waals surface area contributed by atoms with Crippen molar-refractivity contribution in [1.82, 2.24) is 19.8 Å². The Morgan fingerprint density at radius 1 is 1.07 bits per heavy atom. The number of fused-ring (bicyclic) bond motifs is 1. The molecule has 1 atom stereocenters. The van der Waals surface area contributed by atoms with Crippen molar-refractivity contribution in [3.8, 4) is 0 Å². The van der Waals surface area contributed by atoms with Crippen molar-refractivity contribution in [2.24, 2.45) is 5.92 Å². The van der Waals surface area contributed by atoms with E-state index < -0.39 is 0 Å². The van der Waals surface area contributed by atoms with Crippen LogP contribution in [-0.2, 0) is 16.0 Å². The maximum absolute atomic E-state index is 12.8. The van der Waals surface area contributed by atoms with Gasteiger partial charge in [-0.1, -0.05) is 25.7 Å². The van der Waals surface area contributed by atoms with Gasteiger partial charge >= 0.3 is 0 Å². The van der Waals surface area contributed by atoms with Gasteiger partial charge in [0.25, 0.3) is 0 Å². The first kappa shape index (κ1) is 21.2. The molecule has 0 N–H and O–H groups in total. The van der Waals surface area contributed by atoms with Gasteiger partial charge < -0.3 is 4.90 Å². The summed E-state index contributed by atoms with van der Waals surface area (Å²) in [6, 6.07) is 0.0406. The Morgan fingerprint density at radius 3 is 2.53 bits per heavy atom. The van der Waals surface area contributed by atoms with Gasteiger partial charge in [0.2, 0.25) is 11.8 Å². The average Bonchev–Trinajstić information content (AvgIpc) is 3.05. The lowest BCUT2D eigenvalue weighted by Crippen LogP contribution is -2.42. The van der Waals surface area contributed by atoms with Gasteiger partial charge in [-0.15, -0.1) is 0 Å². The number of hydrogen-bond donors (Lipinski definition) is 0. The molecule has 0 unspecified atom stereocenters. The SMILES string of the molecule is Cc1nc([C@H]2CCCCN2CC(=O)N(C)C)nc2c1CC(=O)N2CC1CCCCC1. The molecule has 2 aliphatic heterocycles. The summed E-state index contributed by atoms with van der Waals surface area (Å²) in [5.41, 5.74) is 1.91. The van der Waals surface area contributed by atoms with E-state index >= 15 is 0 Å². The second kappa shape index (κ2) is 9.00. The summed E-state index contributed by atoms with van der Waals surface area (Å²) in [5.74, 6) is 2.46. The van der Waals surface area contributed by atoms with E-state index in [0.717, 1.165) is 55.3 Å². The zero-order valence-electron chi connectivity index (χ0n) is 18.7. The number of anilines is 1. The number of likely N-dealkylation sites (N-methyl/N-ethyl adjacent to an activating group) is 1. The molecule has 3 heterocycles. The fourth-order valence-electron chi connectivity index (χ4n) is 5.15. The molecule has 2 fully saturated rings.